The highest BCUT2D eigenvalue weighted by atomic mass is 32.2. The van der Waals surface area contributed by atoms with Crippen molar-refractivity contribution in [3.05, 3.63) is 292 Å². The lowest BCUT2D eigenvalue weighted by Gasteiger charge is -2.21. The molecule has 0 radical (unpaired) electrons. The van der Waals surface area contributed by atoms with Gasteiger partial charge in [-0.15, -0.1) is 0 Å². The summed E-state index contributed by atoms with van der Waals surface area (Å²) < 4.78 is 72.2. The number of ketones is 1. The molecule has 1 atom stereocenters. The average molecular weight is 1100 g/mol. The Balaban J connectivity index is 1.05. The van der Waals surface area contributed by atoms with E-state index >= 15 is 4.79 Å². The number of nitrogens with one attached hydrogen (secondary N) is 1. The first-order chi connectivity index (χ1) is 39.5. The molecule has 0 bridgehead atoms. The van der Waals surface area contributed by atoms with Crippen LogP contribution in [0.15, 0.2) is 241 Å². The quantitative estimate of drug-likeness (QED) is 0.0247. The van der Waals surface area contributed by atoms with E-state index in [-0.39, 0.29) is 89.6 Å². The number of esters is 2. The van der Waals surface area contributed by atoms with E-state index in [1.54, 1.807) is 42.5 Å². The van der Waals surface area contributed by atoms with Crippen LogP contribution in [0.1, 0.15) is 70.0 Å². The zero-order valence-corrected chi connectivity index (χ0v) is 44.6. The minimum absolute atomic E-state index is 0.0142. The standard InChI is InChI=1S/C66H55NO13S/c68-63(61-57(65(70)77-44-51-26-13-4-14-27-51)32-19-33-58(61)74-41-48-20-7-1-8-21-48)62-59(75-42-49-22-9-2-10-23-49)39-53(40-60(62)76-43-50-24-11-3-12-25-50)64(69)78-46-54(67-81(72,73)56-30-17-6-18-31-56)38-47-34-36-55(37-35-47)80-66(71)79-45-52-28-15-5-16-29-52/h1-37,39-40,54,67H,38,41-46H2/t54-/m0/s1. The van der Waals surface area contributed by atoms with Gasteiger partial charge in [-0.25, -0.2) is 27.5 Å². The van der Waals surface area contributed by atoms with Gasteiger partial charge in [0, 0.05) is 0 Å². The van der Waals surface area contributed by atoms with Gasteiger partial charge in [0.1, 0.15) is 68.2 Å². The van der Waals surface area contributed by atoms with Crippen LogP contribution in [-0.2, 0) is 63.7 Å². The van der Waals surface area contributed by atoms with Gasteiger partial charge in [0.05, 0.1) is 27.6 Å². The Morgan fingerprint density at radius 1 is 0.407 bits per heavy atom. The van der Waals surface area contributed by atoms with Crippen LogP contribution in [0.4, 0.5) is 4.79 Å². The molecule has 9 aromatic carbocycles. The molecule has 0 unspecified atom stereocenters. The fraction of sp³-hybridized carbons (Fsp3) is 0.121. The Kier molecular flexibility index (Phi) is 19.1. The third-order valence-electron chi connectivity index (χ3n) is 12.5. The number of sulfonamides is 1. The van der Waals surface area contributed by atoms with E-state index in [2.05, 4.69) is 4.72 Å². The zero-order chi connectivity index (χ0) is 56.2. The summed E-state index contributed by atoms with van der Waals surface area (Å²) in [6.45, 7) is -0.649. The van der Waals surface area contributed by atoms with Crippen LogP contribution in [0.5, 0.6) is 23.0 Å². The Hall–Kier alpha value is -9.83. The van der Waals surface area contributed by atoms with E-state index in [0.29, 0.717) is 5.56 Å². The van der Waals surface area contributed by atoms with Crippen LogP contribution in [0, 0.1) is 0 Å². The van der Waals surface area contributed by atoms with E-state index in [4.69, 9.17) is 33.2 Å². The summed E-state index contributed by atoms with van der Waals surface area (Å²) in [5, 5.41) is 0. The molecule has 1 N–H and O–H groups in total. The lowest BCUT2D eigenvalue weighted by molar-refractivity contribution is 0.0463. The van der Waals surface area contributed by atoms with Crippen molar-refractivity contribution in [3.8, 4) is 23.0 Å². The summed E-state index contributed by atoms with van der Waals surface area (Å²) in [5.74, 6) is -2.41. The summed E-state index contributed by atoms with van der Waals surface area (Å²) in [4.78, 5) is 57.1. The Bertz CT molecular complexity index is 3580. The van der Waals surface area contributed by atoms with Crippen molar-refractivity contribution < 1.29 is 60.8 Å². The van der Waals surface area contributed by atoms with E-state index in [9.17, 15) is 22.8 Å². The number of benzene rings is 9. The highest BCUT2D eigenvalue weighted by Crippen LogP contribution is 2.38. The van der Waals surface area contributed by atoms with Crippen molar-refractivity contribution in [2.75, 3.05) is 6.61 Å². The summed E-state index contributed by atoms with van der Waals surface area (Å²) in [5.41, 5.74) is 3.86. The highest BCUT2D eigenvalue weighted by Gasteiger charge is 2.32. The van der Waals surface area contributed by atoms with E-state index in [1.807, 2.05) is 152 Å². The molecular formula is C66H55NO13S. The Morgan fingerprint density at radius 3 is 1.35 bits per heavy atom. The average Bonchev–Trinajstić information content (AvgIpc) is 3.53. The fourth-order valence-electron chi connectivity index (χ4n) is 8.45. The van der Waals surface area contributed by atoms with Gasteiger partial charge in [0.15, 0.2) is 0 Å². The molecule has 408 valence electrons. The van der Waals surface area contributed by atoms with Crippen molar-refractivity contribution in [1.82, 2.24) is 4.72 Å². The molecule has 0 saturated heterocycles. The minimum atomic E-state index is -4.17. The molecule has 0 aliphatic carbocycles. The van der Waals surface area contributed by atoms with Gasteiger partial charge in [-0.3, -0.25) is 4.79 Å². The summed E-state index contributed by atoms with van der Waals surface area (Å²) in [6.07, 6.45) is -0.891. The van der Waals surface area contributed by atoms with E-state index in [0.717, 1.165) is 27.8 Å². The first kappa shape index (κ1) is 55.9. The van der Waals surface area contributed by atoms with Crippen molar-refractivity contribution in [2.45, 2.75) is 50.4 Å². The highest BCUT2D eigenvalue weighted by molar-refractivity contribution is 7.89. The number of ether oxygens (including phenoxy) is 7. The Labute approximate surface area is 469 Å². The van der Waals surface area contributed by atoms with Crippen LogP contribution >= 0.6 is 0 Å². The molecule has 9 rings (SSSR count). The maximum atomic E-state index is 15.8. The van der Waals surface area contributed by atoms with E-state index < -0.39 is 46.5 Å². The first-order valence-electron chi connectivity index (χ1n) is 25.8. The third-order valence-corrected chi connectivity index (χ3v) is 14.1. The molecule has 15 heteroatoms. The molecular weight excluding hydrogens is 1050 g/mol. The van der Waals surface area contributed by atoms with Crippen molar-refractivity contribution in [1.29, 1.82) is 0 Å². The second-order valence-corrected chi connectivity index (χ2v) is 20.2. The van der Waals surface area contributed by atoms with Gasteiger partial charge in [0.25, 0.3) is 0 Å². The topological polar surface area (TPSA) is 179 Å². The second kappa shape index (κ2) is 27.7. The van der Waals surface area contributed by atoms with Crippen LogP contribution in [0.25, 0.3) is 0 Å². The normalized spacial score (nSPS) is 11.4. The smallest absolute Gasteiger partial charge is 0.488 e. The van der Waals surface area contributed by atoms with Gasteiger partial charge in [-0.05, 0) is 88.3 Å². The van der Waals surface area contributed by atoms with Crippen LogP contribution in [0.2, 0.25) is 0 Å². The molecule has 0 amide bonds. The number of hydrogen-bond acceptors (Lipinski definition) is 13. The largest absolute Gasteiger partial charge is 0.514 e. The zero-order valence-electron chi connectivity index (χ0n) is 43.8. The predicted molar refractivity (Wildman–Crippen MR) is 302 cm³/mol. The number of rotatable bonds is 25. The molecule has 0 aliphatic heterocycles. The number of hydrogen-bond donors (Lipinski definition) is 1. The molecule has 81 heavy (non-hydrogen) atoms. The second-order valence-electron chi connectivity index (χ2n) is 18.4. The minimum Gasteiger partial charge on any atom is -0.488 e. The molecule has 14 nitrogen and oxygen atoms in total. The van der Waals surface area contributed by atoms with Gasteiger partial charge in [-0.1, -0.05) is 188 Å². The summed E-state index contributed by atoms with van der Waals surface area (Å²) in [7, 11) is -4.17. The Morgan fingerprint density at radius 2 is 0.852 bits per heavy atom. The lowest BCUT2D eigenvalue weighted by atomic mass is 9.94. The molecule has 9 aromatic rings. The maximum Gasteiger partial charge on any atom is 0.514 e. The van der Waals surface area contributed by atoms with Crippen molar-refractivity contribution in [3.63, 3.8) is 0 Å². The van der Waals surface area contributed by atoms with Crippen LogP contribution in [-0.4, -0.2) is 44.9 Å². The predicted octanol–water partition coefficient (Wildman–Crippen LogP) is 12.5. The monoisotopic (exact) mass is 1100 g/mol. The molecule has 0 aromatic heterocycles. The van der Waals surface area contributed by atoms with Crippen LogP contribution < -0.4 is 23.7 Å². The first-order valence-corrected chi connectivity index (χ1v) is 27.3. The van der Waals surface area contributed by atoms with Gasteiger partial charge >= 0.3 is 18.1 Å². The van der Waals surface area contributed by atoms with Gasteiger partial charge in [-0.2, -0.15) is 0 Å². The molecule has 0 aliphatic rings. The molecule has 0 spiro atoms. The van der Waals surface area contributed by atoms with Crippen molar-refractivity contribution >= 4 is 33.9 Å². The lowest BCUT2D eigenvalue weighted by Crippen LogP contribution is -2.40. The van der Waals surface area contributed by atoms with Crippen LogP contribution in [0.3, 0.4) is 0 Å². The maximum absolute atomic E-state index is 15.8. The number of carbonyl (C=O) groups excluding carboxylic acids is 4. The SMILES string of the molecule is O=C(OCc1ccccc1)Oc1ccc(C[C@@H](COC(=O)c2cc(OCc3ccccc3)c(C(=O)c3c(OCc4ccccc4)cccc3C(=O)OCc3ccccc3)c(OCc3ccccc3)c2)NS(=O)(=O)c2ccccc2)cc1. The van der Waals surface area contributed by atoms with Crippen molar-refractivity contribution in [2.24, 2.45) is 0 Å². The molecule has 0 heterocycles. The molecule has 0 saturated carbocycles. The number of carbonyl (C=O) groups is 4. The summed E-state index contributed by atoms with van der Waals surface area (Å²) >= 11 is 0. The third kappa shape index (κ3) is 15.9. The fourth-order valence-corrected chi connectivity index (χ4v) is 9.69. The summed E-state index contributed by atoms with van der Waals surface area (Å²) in [6, 6.07) is 66.3. The van der Waals surface area contributed by atoms with E-state index in [1.165, 1.54) is 42.5 Å². The molecule has 0 fully saturated rings. The van der Waals surface area contributed by atoms with Gasteiger partial charge in [0.2, 0.25) is 15.8 Å². The van der Waals surface area contributed by atoms with Gasteiger partial charge < -0.3 is 33.2 Å².